The summed E-state index contributed by atoms with van der Waals surface area (Å²) in [7, 11) is 1.55. The molecule has 0 unspecified atom stereocenters. The van der Waals surface area contributed by atoms with Gasteiger partial charge in [-0.15, -0.1) is 0 Å². The zero-order chi connectivity index (χ0) is 23.3. The van der Waals surface area contributed by atoms with E-state index in [4.69, 9.17) is 4.74 Å². The van der Waals surface area contributed by atoms with Gasteiger partial charge >= 0.3 is 0 Å². The molecule has 0 bridgehead atoms. The van der Waals surface area contributed by atoms with Crippen molar-refractivity contribution in [1.82, 2.24) is 14.7 Å². The molecule has 0 spiro atoms. The Bertz CT molecular complexity index is 1250. The molecular weight excluding hydrogens is 432 g/mol. The van der Waals surface area contributed by atoms with Gasteiger partial charge in [-0.3, -0.25) is 14.3 Å². The first-order chi connectivity index (χ1) is 15.9. The summed E-state index contributed by atoms with van der Waals surface area (Å²) in [6.07, 6.45) is 1.14. The summed E-state index contributed by atoms with van der Waals surface area (Å²) in [4.78, 5) is 27.0. The maximum Gasteiger partial charge on any atom is 0.276 e. The number of ether oxygens (including phenoxy) is 1. The lowest BCUT2D eigenvalue weighted by Gasteiger charge is -2.42. The van der Waals surface area contributed by atoms with Gasteiger partial charge in [-0.2, -0.15) is 5.10 Å². The molecule has 2 aliphatic rings. The van der Waals surface area contributed by atoms with Gasteiger partial charge in [-0.25, -0.2) is 8.78 Å². The minimum Gasteiger partial charge on any atom is -0.502 e. The first-order valence-corrected chi connectivity index (χ1v) is 10.5. The van der Waals surface area contributed by atoms with E-state index in [-0.39, 0.29) is 18.3 Å². The maximum atomic E-state index is 14.3. The topological polar surface area (TPSA) is 84.7 Å². The molecule has 3 aromatic rings. The molecule has 0 radical (unpaired) electrons. The second kappa shape index (κ2) is 8.08. The Labute approximate surface area is 187 Å². The highest BCUT2D eigenvalue weighted by molar-refractivity contribution is 5.96. The summed E-state index contributed by atoms with van der Waals surface area (Å²) >= 11 is 0. The second-order valence-electron chi connectivity index (χ2n) is 8.35. The molecule has 2 aromatic carbocycles. The molecule has 3 atom stereocenters. The number of carbonyl (C=O) groups is 1. The van der Waals surface area contributed by atoms with Crippen molar-refractivity contribution in [1.29, 1.82) is 0 Å². The molecule has 2 aliphatic heterocycles. The van der Waals surface area contributed by atoms with Gasteiger partial charge < -0.3 is 14.7 Å². The van der Waals surface area contributed by atoms with Crippen LogP contribution < -0.4 is 5.43 Å². The van der Waals surface area contributed by atoms with Crippen molar-refractivity contribution in [2.75, 3.05) is 13.7 Å². The highest BCUT2D eigenvalue weighted by Crippen LogP contribution is 2.46. The van der Waals surface area contributed by atoms with E-state index < -0.39 is 46.7 Å². The molecule has 0 saturated carbocycles. The highest BCUT2D eigenvalue weighted by Gasteiger charge is 2.50. The third-order valence-corrected chi connectivity index (χ3v) is 6.52. The zero-order valence-corrected chi connectivity index (χ0v) is 17.7. The third-order valence-electron chi connectivity index (χ3n) is 6.52. The summed E-state index contributed by atoms with van der Waals surface area (Å²) in [6.45, 7) is 0.262. The molecule has 33 heavy (non-hydrogen) atoms. The number of hydrogen-bond acceptors (Lipinski definition) is 5. The fourth-order valence-electron chi connectivity index (χ4n) is 5.09. The molecule has 5 rings (SSSR count). The molecule has 1 aromatic heterocycles. The number of rotatable bonds is 4. The Hall–Kier alpha value is -3.59. The normalized spacial score (nSPS) is 21.9. The van der Waals surface area contributed by atoms with Gasteiger partial charge in [-0.05, 0) is 41.8 Å². The second-order valence-corrected chi connectivity index (χ2v) is 8.35. The number of methoxy groups -OCH3 is 1. The van der Waals surface area contributed by atoms with Gasteiger partial charge in [-0.1, -0.05) is 24.3 Å². The summed E-state index contributed by atoms with van der Waals surface area (Å²) in [5.41, 5.74) is 0.0825. The number of amides is 1. The Morgan fingerprint density at radius 2 is 1.73 bits per heavy atom. The fourth-order valence-corrected chi connectivity index (χ4v) is 5.09. The van der Waals surface area contributed by atoms with Crippen LogP contribution in [0.2, 0.25) is 0 Å². The Morgan fingerprint density at radius 3 is 2.30 bits per heavy atom. The van der Waals surface area contributed by atoms with Crippen molar-refractivity contribution in [3.63, 3.8) is 0 Å². The van der Waals surface area contributed by atoms with Crippen LogP contribution in [-0.2, 0) is 4.74 Å². The van der Waals surface area contributed by atoms with Crippen LogP contribution in [-0.4, -0.2) is 51.5 Å². The molecular formula is C24H21F2N3O4. The lowest BCUT2D eigenvalue weighted by Crippen LogP contribution is -2.51. The van der Waals surface area contributed by atoms with Crippen molar-refractivity contribution >= 4 is 5.91 Å². The molecule has 3 heterocycles. The van der Waals surface area contributed by atoms with Crippen LogP contribution in [0.15, 0.2) is 59.5 Å². The van der Waals surface area contributed by atoms with Crippen LogP contribution in [0.25, 0.3) is 0 Å². The van der Waals surface area contributed by atoms with E-state index in [1.807, 2.05) is 0 Å². The standard InChI is InChI=1S/C24H21F2N3O4/c1-33-17-10-18-21(29-22(24(32)28(18)12-17)23(31)19(30)11-27-29)20(13-4-2-6-15(25)8-13)14-5-3-7-16(26)9-14/h2-9,11,17-18,20-21,31H,10,12H2,1H3/t17-,18-,21-/m1/s1. The van der Waals surface area contributed by atoms with Gasteiger partial charge in [0.1, 0.15) is 11.6 Å². The smallest absolute Gasteiger partial charge is 0.276 e. The van der Waals surface area contributed by atoms with Crippen LogP contribution >= 0.6 is 0 Å². The number of fused-ring (bicyclic) bond motifs is 2. The van der Waals surface area contributed by atoms with Crippen molar-refractivity contribution < 1.29 is 23.4 Å². The Kier molecular flexibility index (Phi) is 5.20. The number of nitrogens with zero attached hydrogens (tertiary/aromatic N) is 3. The van der Waals surface area contributed by atoms with E-state index in [9.17, 15) is 23.5 Å². The first-order valence-electron chi connectivity index (χ1n) is 10.5. The molecule has 9 heteroatoms. The van der Waals surface area contributed by atoms with Crippen LogP contribution in [0.5, 0.6) is 5.75 Å². The number of benzene rings is 2. The molecule has 1 saturated heterocycles. The highest BCUT2D eigenvalue weighted by atomic mass is 19.1. The first kappa shape index (κ1) is 21.3. The summed E-state index contributed by atoms with van der Waals surface area (Å²) in [5, 5.41) is 14.7. The van der Waals surface area contributed by atoms with E-state index in [0.717, 1.165) is 6.20 Å². The van der Waals surface area contributed by atoms with E-state index in [2.05, 4.69) is 5.10 Å². The predicted octanol–water partition coefficient (Wildman–Crippen LogP) is 2.84. The van der Waals surface area contributed by atoms with Crippen LogP contribution in [0.1, 0.15) is 40.0 Å². The Morgan fingerprint density at radius 1 is 1.09 bits per heavy atom. The quantitative estimate of drug-likeness (QED) is 0.657. The number of aromatic nitrogens is 2. The molecule has 1 N–H and O–H groups in total. The van der Waals surface area contributed by atoms with Crippen molar-refractivity contribution in [2.45, 2.75) is 30.5 Å². The summed E-state index contributed by atoms with van der Waals surface area (Å²) in [6, 6.07) is 10.8. The fraction of sp³-hybridized carbons (Fsp3) is 0.292. The van der Waals surface area contributed by atoms with Crippen LogP contribution in [0.4, 0.5) is 8.78 Å². The molecule has 170 valence electrons. The molecule has 1 amide bonds. The minimum absolute atomic E-state index is 0.238. The van der Waals surface area contributed by atoms with E-state index in [1.165, 1.54) is 28.9 Å². The number of aromatic hydroxyl groups is 1. The molecule has 0 aliphatic carbocycles. The van der Waals surface area contributed by atoms with Gasteiger partial charge in [0.25, 0.3) is 5.91 Å². The largest absolute Gasteiger partial charge is 0.502 e. The Balaban J connectivity index is 1.78. The lowest BCUT2D eigenvalue weighted by atomic mass is 9.79. The number of carbonyl (C=O) groups excluding carboxylic acids is 1. The SMILES string of the molecule is CO[C@@H]1C[C@@H]2[C@H](C(c3cccc(F)c3)c3cccc(F)c3)n3ncc(=O)c(O)c3C(=O)N2C1. The van der Waals surface area contributed by atoms with E-state index >= 15 is 0 Å². The number of halogens is 2. The van der Waals surface area contributed by atoms with Crippen molar-refractivity contribution in [3.8, 4) is 5.75 Å². The third kappa shape index (κ3) is 3.48. The molecule has 7 nitrogen and oxygen atoms in total. The number of hydrogen-bond donors (Lipinski definition) is 1. The van der Waals surface area contributed by atoms with Crippen LogP contribution in [0, 0.1) is 11.6 Å². The van der Waals surface area contributed by atoms with Gasteiger partial charge in [0.2, 0.25) is 5.43 Å². The van der Waals surface area contributed by atoms with Crippen LogP contribution in [0.3, 0.4) is 0 Å². The monoisotopic (exact) mass is 453 g/mol. The lowest BCUT2D eigenvalue weighted by molar-refractivity contribution is 0.0546. The van der Waals surface area contributed by atoms with Crippen molar-refractivity contribution in [3.05, 3.63) is 93.4 Å². The summed E-state index contributed by atoms with van der Waals surface area (Å²) in [5.74, 6) is -2.79. The van der Waals surface area contributed by atoms with E-state index in [0.29, 0.717) is 17.5 Å². The zero-order valence-electron chi connectivity index (χ0n) is 17.7. The average Bonchev–Trinajstić information content (AvgIpc) is 3.23. The van der Waals surface area contributed by atoms with Gasteiger partial charge in [0.15, 0.2) is 11.4 Å². The van der Waals surface area contributed by atoms with E-state index in [1.54, 1.807) is 36.3 Å². The average molecular weight is 453 g/mol. The molecule has 1 fully saturated rings. The predicted molar refractivity (Wildman–Crippen MR) is 114 cm³/mol. The van der Waals surface area contributed by atoms with Gasteiger partial charge in [0.05, 0.1) is 24.4 Å². The van der Waals surface area contributed by atoms with Crippen molar-refractivity contribution in [2.24, 2.45) is 0 Å². The minimum atomic E-state index is -0.776. The summed E-state index contributed by atoms with van der Waals surface area (Å²) < 4.78 is 35.4. The van der Waals surface area contributed by atoms with Gasteiger partial charge in [0, 0.05) is 19.6 Å². The maximum absolute atomic E-state index is 14.3.